The lowest BCUT2D eigenvalue weighted by atomic mass is 9.98. The summed E-state index contributed by atoms with van der Waals surface area (Å²) < 4.78 is 5.53. The molecule has 2 N–H and O–H groups in total. The van der Waals surface area contributed by atoms with Crippen molar-refractivity contribution in [1.82, 2.24) is 10.2 Å². The van der Waals surface area contributed by atoms with Crippen molar-refractivity contribution in [3.8, 4) is 11.1 Å². The van der Waals surface area contributed by atoms with Gasteiger partial charge in [-0.1, -0.05) is 62.4 Å². The molecule has 1 fully saturated rings. The Balaban J connectivity index is 1.41. The Morgan fingerprint density at radius 3 is 2.18 bits per heavy atom. The zero-order valence-corrected chi connectivity index (χ0v) is 19.7. The van der Waals surface area contributed by atoms with Crippen molar-refractivity contribution in [1.29, 1.82) is 0 Å². The van der Waals surface area contributed by atoms with Gasteiger partial charge in [0.1, 0.15) is 18.7 Å². The molecular weight excluding hydrogens is 440 g/mol. The van der Waals surface area contributed by atoms with E-state index in [9.17, 15) is 19.5 Å². The number of carbonyl (C=O) groups is 3. The van der Waals surface area contributed by atoms with E-state index in [0.29, 0.717) is 5.75 Å². The van der Waals surface area contributed by atoms with Crippen molar-refractivity contribution in [3.05, 3.63) is 59.7 Å². The van der Waals surface area contributed by atoms with Crippen LogP contribution in [0.5, 0.6) is 0 Å². The average Bonchev–Trinajstić information content (AvgIpc) is 3.37. The van der Waals surface area contributed by atoms with E-state index in [0.717, 1.165) is 22.3 Å². The lowest BCUT2D eigenvalue weighted by molar-refractivity contribution is -0.150. The van der Waals surface area contributed by atoms with Crippen LogP contribution in [0, 0.1) is 5.92 Å². The Bertz CT molecular complexity index is 1030. The van der Waals surface area contributed by atoms with Gasteiger partial charge < -0.3 is 20.1 Å². The number of benzene rings is 2. The number of nitrogens with zero attached hydrogens (tertiary/aromatic N) is 1. The molecule has 8 heteroatoms. The third kappa shape index (κ3) is 4.44. The van der Waals surface area contributed by atoms with Crippen LogP contribution < -0.4 is 5.32 Å². The molecule has 3 atom stereocenters. The number of fused-ring (bicyclic) bond motifs is 3. The maximum Gasteiger partial charge on any atom is 0.407 e. The number of nitrogens with one attached hydrogen (secondary N) is 1. The van der Waals surface area contributed by atoms with Gasteiger partial charge in [-0.05, 0) is 35.1 Å². The van der Waals surface area contributed by atoms with Crippen LogP contribution in [0.25, 0.3) is 11.1 Å². The predicted molar refractivity (Wildman–Crippen MR) is 127 cm³/mol. The molecule has 4 rings (SSSR count). The fourth-order valence-electron chi connectivity index (χ4n) is 4.61. The average molecular weight is 469 g/mol. The minimum absolute atomic E-state index is 0.0779. The van der Waals surface area contributed by atoms with Crippen LogP contribution in [0.1, 0.15) is 37.8 Å². The Hall–Kier alpha value is -3.00. The SMILES string of the molecule is CC(NC(=O)OCC1c2ccccc2-c2ccccc21)C(=O)N1C(C(=O)O)CSC1C(C)C. The number of hydrogen-bond donors (Lipinski definition) is 2. The van der Waals surface area contributed by atoms with Crippen molar-refractivity contribution in [2.24, 2.45) is 5.92 Å². The zero-order valence-electron chi connectivity index (χ0n) is 18.9. The van der Waals surface area contributed by atoms with Gasteiger partial charge in [-0.2, -0.15) is 0 Å². The highest BCUT2D eigenvalue weighted by Gasteiger charge is 2.44. The highest BCUT2D eigenvalue weighted by atomic mass is 32.2. The van der Waals surface area contributed by atoms with E-state index in [4.69, 9.17) is 4.74 Å². The molecule has 2 aromatic rings. The van der Waals surface area contributed by atoms with Crippen LogP contribution in [0.3, 0.4) is 0 Å². The van der Waals surface area contributed by atoms with Crippen LogP contribution >= 0.6 is 11.8 Å². The van der Waals surface area contributed by atoms with Gasteiger partial charge in [0.25, 0.3) is 0 Å². The Kier molecular flexibility index (Phi) is 6.65. The van der Waals surface area contributed by atoms with E-state index in [-0.39, 0.29) is 23.8 Å². The van der Waals surface area contributed by atoms with Crippen molar-refractivity contribution >= 4 is 29.7 Å². The van der Waals surface area contributed by atoms with E-state index in [2.05, 4.69) is 17.4 Å². The molecule has 0 saturated carbocycles. The van der Waals surface area contributed by atoms with Crippen molar-refractivity contribution in [2.75, 3.05) is 12.4 Å². The van der Waals surface area contributed by atoms with Gasteiger partial charge in [-0.15, -0.1) is 11.8 Å². The van der Waals surface area contributed by atoms with Crippen LogP contribution in [0.2, 0.25) is 0 Å². The monoisotopic (exact) mass is 468 g/mol. The second-order valence-electron chi connectivity index (χ2n) is 8.76. The first-order valence-electron chi connectivity index (χ1n) is 11.1. The van der Waals surface area contributed by atoms with E-state index >= 15 is 0 Å². The lowest BCUT2D eigenvalue weighted by Crippen LogP contribution is -2.54. The van der Waals surface area contributed by atoms with Crippen LogP contribution in [-0.4, -0.2) is 57.8 Å². The Morgan fingerprint density at radius 2 is 1.64 bits per heavy atom. The molecule has 0 radical (unpaired) electrons. The second kappa shape index (κ2) is 9.47. The van der Waals surface area contributed by atoms with Crippen LogP contribution in [-0.2, 0) is 14.3 Å². The summed E-state index contributed by atoms with van der Waals surface area (Å²) in [6.45, 7) is 5.60. The number of rotatable bonds is 6. The number of carboxylic acids is 1. The summed E-state index contributed by atoms with van der Waals surface area (Å²) in [7, 11) is 0. The Morgan fingerprint density at radius 1 is 1.06 bits per heavy atom. The summed E-state index contributed by atoms with van der Waals surface area (Å²) in [4.78, 5) is 38.7. The summed E-state index contributed by atoms with van der Waals surface area (Å²) >= 11 is 1.45. The fraction of sp³-hybridized carbons (Fsp3) is 0.400. The zero-order chi connectivity index (χ0) is 23.7. The molecule has 3 unspecified atom stereocenters. The maximum atomic E-state index is 13.1. The first-order valence-corrected chi connectivity index (χ1v) is 12.1. The predicted octanol–water partition coefficient (Wildman–Crippen LogP) is 3.92. The standard InChI is InChI=1S/C25H28N2O5S/c1-14(2)23-27(21(13-33-23)24(29)30)22(28)15(3)26-25(31)32-12-20-18-10-6-4-8-16(18)17-9-5-7-11-19(17)20/h4-11,14-15,20-21,23H,12-13H2,1-3H3,(H,26,31)(H,29,30). The normalized spacial score (nSPS) is 20.3. The van der Waals surface area contributed by atoms with Gasteiger partial charge in [0, 0.05) is 11.7 Å². The van der Waals surface area contributed by atoms with Gasteiger partial charge in [0.05, 0.1) is 5.37 Å². The summed E-state index contributed by atoms with van der Waals surface area (Å²) in [6.07, 6.45) is -0.697. The molecule has 1 aliphatic carbocycles. The number of thioether (sulfide) groups is 1. The molecular formula is C25H28N2O5S. The van der Waals surface area contributed by atoms with E-state index < -0.39 is 30.1 Å². The second-order valence-corrected chi connectivity index (χ2v) is 9.91. The highest BCUT2D eigenvalue weighted by molar-refractivity contribution is 8.00. The van der Waals surface area contributed by atoms with E-state index in [1.54, 1.807) is 6.92 Å². The number of aliphatic carboxylic acids is 1. The van der Waals surface area contributed by atoms with Gasteiger partial charge in [0.15, 0.2) is 0 Å². The number of carbonyl (C=O) groups excluding carboxylic acids is 2. The summed E-state index contributed by atoms with van der Waals surface area (Å²) in [5.41, 5.74) is 4.48. The molecule has 2 amide bonds. The smallest absolute Gasteiger partial charge is 0.407 e. The molecule has 0 aromatic heterocycles. The van der Waals surface area contributed by atoms with Gasteiger partial charge in [-0.25, -0.2) is 9.59 Å². The molecule has 7 nitrogen and oxygen atoms in total. The minimum Gasteiger partial charge on any atom is -0.480 e. The first kappa shape index (κ1) is 23.2. The third-order valence-electron chi connectivity index (χ3n) is 6.19. The first-order chi connectivity index (χ1) is 15.8. The molecule has 2 aliphatic rings. The van der Waals surface area contributed by atoms with E-state index in [1.807, 2.05) is 50.2 Å². The van der Waals surface area contributed by atoms with Gasteiger partial charge in [-0.3, -0.25) is 4.79 Å². The lowest BCUT2D eigenvalue weighted by Gasteiger charge is -2.32. The molecule has 1 heterocycles. The van der Waals surface area contributed by atoms with E-state index in [1.165, 1.54) is 16.7 Å². The van der Waals surface area contributed by atoms with Crippen molar-refractivity contribution < 1.29 is 24.2 Å². The molecule has 0 bridgehead atoms. The minimum atomic E-state index is -1.03. The van der Waals surface area contributed by atoms with Crippen LogP contribution in [0.4, 0.5) is 4.79 Å². The van der Waals surface area contributed by atoms with Gasteiger partial charge in [0.2, 0.25) is 5.91 Å². The summed E-state index contributed by atoms with van der Waals surface area (Å²) in [5.74, 6) is -1.11. The third-order valence-corrected chi connectivity index (χ3v) is 7.81. The van der Waals surface area contributed by atoms with Crippen LogP contribution in [0.15, 0.2) is 48.5 Å². The van der Waals surface area contributed by atoms with Gasteiger partial charge >= 0.3 is 12.1 Å². The molecule has 0 spiro atoms. The molecule has 33 heavy (non-hydrogen) atoms. The van der Waals surface area contributed by atoms with Crippen molar-refractivity contribution in [2.45, 2.75) is 44.1 Å². The Labute approximate surface area is 197 Å². The number of carboxylic acid groups (broad SMARTS) is 1. The van der Waals surface area contributed by atoms with Crippen molar-refractivity contribution in [3.63, 3.8) is 0 Å². The maximum absolute atomic E-state index is 13.1. The molecule has 1 saturated heterocycles. The largest absolute Gasteiger partial charge is 0.480 e. The molecule has 1 aliphatic heterocycles. The fourth-order valence-corrected chi connectivity index (χ4v) is 6.09. The summed E-state index contributed by atoms with van der Waals surface area (Å²) in [6, 6.07) is 14.3. The molecule has 2 aromatic carbocycles. The highest BCUT2D eigenvalue weighted by Crippen LogP contribution is 2.44. The number of ether oxygens (including phenoxy) is 1. The topological polar surface area (TPSA) is 95.9 Å². The quantitative estimate of drug-likeness (QED) is 0.667. The molecule has 174 valence electrons. The number of hydrogen-bond acceptors (Lipinski definition) is 5. The number of alkyl carbamates (subject to hydrolysis) is 1. The summed E-state index contributed by atoms with van der Waals surface area (Å²) in [5, 5.41) is 11.9. The number of amides is 2.